The van der Waals surface area contributed by atoms with Crippen LogP contribution in [0.25, 0.3) is 11.0 Å². The summed E-state index contributed by atoms with van der Waals surface area (Å²) in [6.45, 7) is 3.37. The molecule has 0 radical (unpaired) electrons. The minimum absolute atomic E-state index is 0.217. The maximum atomic E-state index is 11.6. The molecule has 0 fully saturated rings. The number of aryl methyl sites for hydroxylation is 2. The van der Waals surface area contributed by atoms with Gasteiger partial charge in [0, 0.05) is 5.02 Å². The van der Waals surface area contributed by atoms with Crippen molar-refractivity contribution in [3.63, 3.8) is 0 Å². The fraction of sp³-hybridized carbons (Fsp3) is 0.182. The van der Waals surface area contributed by atoms with Crippen LogP contribution in [0.5, 0.6) is 5.75 Å². The van der Waals surface area contributed by atoms with E-state index >= 15 is 0 Å². The van der Waals surface area contributed by atoms with Gasteiger partial charge in [0.2, 0.25) is 11.2 Å². The SMILES string of the molecule is Cc1cc2oc(C)c(O)c(=O)c2cc1Cl. The first-order chi connectivity index (χ1) is 7.00. The van der Waals surface area contributed by atoms with Crippen LogP contribution in [0.15, 0.2) is 21.3 Å². The monoisotopic (exact) mass is 224 g/mol. The fourth-order valence-electron chi connectivity index (χ4n) is 1.42. The van der Waals surface area contributed by atoms with Crippen molar-refractivity contribution < 1.29 is 9.52 Å². The molecule has 0 atom stereocenters. The highest BCUT2D eigenvalue weighted by Crippen LogP contribution is 2.24. The molecule has 1 N–H and O–H groups in total. The molecule has 1 heterocycles. The van der Waals surface area contributed by atoms with E-state index in [0.29, 0.717) is 16.0 Å². The van der Waals surface area contributed by atoms with E-state index in [2.05, 4.69) is 0 Å². The van der Waals surface area contributed by atoms with Gasteiger partial charge in [0.25, 0.3) is 0 Å². The lowest BCUT2D eigenvalue weighted by molar-refractivity contribution is 0.427. The lowest BCUT2D eigenvalue weighted by Gasteiger charge is -2.03. The Morgan fingerprint density at radius 1 is 1.33 bits per heavy atom. The quantitative estimate of drug-likeness (QED) is 0.749. The van der Waals surface area contributed by atoms with Crippen LogP contribution in [-0.2, 0) is 0 Å². The molecule has 2 rings (SSSR count). The van der Waals surface area contributed by atoms with Gasteiger partial charge in [-0.2, -0.15) is 0 Å². The summed E-state index contributed by atoms with van der Waals surface area (Å²) < 4.78 is 5.30. The number of rotatable bonds is 0. The van der Waals surface area contributed by atoms with Gasteiger partial charge >= 0.3 is 0 Å². The van der Waals surface area contributed by atoms with E-state index in [4.69, 9.17) is 16.0 Å². The molecule has 0 spiro atoms. The van der Waals surface area contributed by atoms with Crippen LogP contribution in [0.2, 0.25) is 5.02 Å². The molecule has 1 aromatic heterocycles. The first kappa shape index (κ1) is 10.1. The Morgan fingerprint density at radius 2 is 2.00 bits per heavy atom. The van der Waals surface area contributed by atoms with E-state index in [9.17, 15) is 9.90 Å². The summed E-state index contributed by atoms with van der Waals surface area (Å²) >= 11 is 5.89. The van der Waals surface area contributed by atoms with Crippen molar-refractivity contribution in [3.8, 4) is 5.75 Å². The molecular weight excluding hydrogens is 216 g/mol. The smallest absolute Gasteiger partial charge is 0.234 e. The van der Waals surface area contributed by atoms with E-state index in [1.807, 2.05) is 6.92 Å². The minimum atomic E-state index is -0.448. The predicted octanol–water partition coefficient (Wildman–Crippen LogP) is 2.77. The normalized spacial score (nSPS) is 10.9. The highest BCUT2D eigenvalue weighted by atomic mass is 35.5. The molecule has 0 bridgehead atoms. The van der Waals surface area contributed by atoms with Crippen LogP contribution in [-0.4, -0.2) is 5.11 Å². The Kier molecular flexibility index (Phi) is 2.20. The molecule has 0 unspecified atom stereocenters. The number of fused-ring (bicyclic) bond motifs is 1. The van der Waals surface area contributed by atoms with Crippen molar-refractivity contribution in [2.24, 2.45) is 0 Å². The molecule has 0 saturated heterocycles. The zero-order chi connectivity index (χ0) is 11.2. The number of hydrogen-bond donors (Lipinski definition) is 1. The summed E-state index contributed by atoms with van der Waals surface area (Å²) in [5.74, 6) is -0.142. The van der Waals surface area contributed by atoms with E-state index in [1.54, 1.807) is 13.0 Å². The van der Waals surface area contributed by atoms with Crippen molar-refractivity contribution in [2.75, 3.05) is 0 Å². The number of benzene rings is 1. The van der Waals surface area contributed by atoms with Gasteiger partial charge in [-0.05, 0) is 31.5 Å². The summed E-state index contributed by atoms with van der Waals surface area (Å²) in [5.41, 5.74) is 0.824. The van der Waals surface area contributed by atoms with Crippen molar-refractivity contribution in [3.05, 3.63) is 38.7 Å². The summed E-state index contributed by atoms with van der Waals surface area (Å²) in [6, 6.07) is 3.20. The van der Waals surface area contributed by atoms with Gasteiger partial charge < -0.3 is 9.52 Å². The molecule has 15 heavy (non-hydrogen) atoms. The largest absolute Gasteiger partial charge is 0.502 e. The average Bonchev–Trinajstić information content (AvgIpc) is 2.19. The van der Waals surface area contributed by atoms with Crippen LogP contribution in [0.4, 0.5) is 0 Å². The number of halogens is 1. The third-order valence-electron chi connectivity index (χ3n) is 2.32. The molecular formula is C11H9ClO3. The Balaban J connectivity index is 3.00. The maximum absolute atomic E-state index is 11.6. The van der Waals surface area contributed by atoms with Crippen LogP contribution in [0, 0.1) is 13.8 Å². The Morgan fingerprint density at radius 3 is 2.67 bits per heavy atom. The minimum Gasteiger partial charge on any atom is -0.502 e. The topological polar surface area (TPSA) is 50.4 Å². The predicted molar refractivity (Wildman–Crippen MR) is 58.6 cm³/mol. The average molecular weight is 225 g/mol. The molecule has 78 valence electrons. The summed E-state index contributed by atoms with van der Waals surface area (Å²) in [5, 5.41) is 10.2. The zero-order valence-corrected chi connectivity index (χ0v) is 9.05. The van der Waals surface area contributed by atoms with Gasteiger partial charge in [0.05, 0.1) is 5.39 Å². The molecule has 3 nitrogen and oxygen atoms in total. The molecule has 0 aliphatic carbocycles. The maximum Gasteiger partial charge on any atom is 0.234 e. The first-order valence-electron chi connectivity index (χ1n) is 4.43. The lowest BCUT2D eigenvalue weighted by Crippen LogP contribution is -2.02. The van der Waals surface area contributed by atoms with Gasteiger partial charge in [-0.3, -0.25) is 4.79 Å². The summed E-state index contributed by atoms with van der Waals surface area (Å²) in [7, 11) is 0. The van der Waals surface area contributed by atoms with Crippen LogP contribution in [0.3, 0.4) is 0 Å². The summed E-state index contributed by atoms with van der Waals surface area (Å²) in [6.07, 6.45) is 0. The Labute approximate surface area is 90.9 Å². The third kappa shape index (κ3) is 1.49. The van der Waals surface area contributed by atoms with E-state index < -0.39 is 5.43 Å². The highest BCUT2D eigenvalue weighted by molar-refractivity contribution is 6.32. The van der Waals surface area contributed by atoms with Gasteiger partial charge in [0.15, 0.2) is 0 Å². The third-order valence-corrected chi connectivity index (χ3v) is 2.72. The van der Waals surface area contributed by atoms with Crippen molar-refractivity contribution in [1.82, 2.24) is 0 Å². The summed E-state index contributed by atoms with van der Waals surface area (Å²) in [4.78, 5) is 11.6. The van der Waals surface area contributed by atoms with Crippen LogP contribution < -0.4 is 5.43 Å². The molecule has 1 aromatic carbocycles. The second kappa shape index (κ2) is 3.28. The van der Waals surface area contributed by atoms with Crippen molar-refractivity contribution in [1.29, 1.82) is 0 Å². The highest BCUT2D eigenvalue weighted by Gasteiger charge is 2.11. The molecule has 0 aliphatic heterocycles. The van der Waals surface area contributed by atoms with Gasteiger partial charge in [-0.1, -0.05) is 11.6 Å². The van der Waals surface area contributed by atoms with Gasteiger partial charge in [-0.25, -0.2) is 0 Å². The van der Waals surface area contributed by atoms with Crippen molar-refractivity contribution >= 4 is 22.6 Å². The molecule has 4 heteroatoms. The standard InChI is InChI=1S/C11H9ClO3/c1-5-3-9-7(4-8(5)12)11(14)10(13)6(2)15-9/h3-4,13H,1-2H3. The van der Waals surface area contributed by atoms with E-state index in [-0.39, 0.29) is 11.5 Å². The molecule has 2 aromatic rings. The van der Waals surface area contributed by atoms with E-state index in [1.165, 1.54) is 6.07 Å². The molecule has 0 aliphatic rings. The van der Waals surface area contributed by atoms with Crippen molar-refractivity contribution in [2.45, 2.75) is 13.8 Å². The number of aromatic hydroxyl groups is 1. The van der Waals surface area contributed by atoms with Gasteiger partial charge in [-0.15, -0.1) is 0 Å². The Hall–Kier alpha value is -1.48. The lowest BCUT2D eigenvalue weighted by atomic mass is 10.1. The molecule has 0 saturated carbocycles. The van der Waals surface area contributed by atoms with Crippen LogP contribution >= 0.6 is 11.6 Å². The Bertz CT molecular complexity index is 594. The van der Waals surface area contributed by atoms with Gasteiger partial charge in [0.1, 0.15) is 11.3 Å². The zero-order valence-electron chi connectivity index (χ0n) is 8.30. The fourth-order valence-corrected chi connectivity index (χ4v) is 1.58. The second-order valence-electron chi connectivity index (χ2n) is 3.43. The number of hydrogen-bond acceptors (Lipinski definition) is 3. The first-order valence-corrected chi connectivity index (χ1v) is 4.81. The van der Waals surface area contributed by atoms with Crippen LogP contribution in [0.1, 0.15) is 11.3 Å². The molecule has 0 amide bonds. The second-order valence-corrected chi connectivity index (χ2v) is 3.84. The van der Waals surface area contributed by atoms with E-state index in [0.717, 1.165) is 5.56 Å².